The maximum Gasteiger partial charge on any atom is 0.187 e. The van der Waals surface area contributed by atoms with Gasteiger partial charge in [0.1, 0.15) is 5.54 Å². The third-order valence-corrected chi connectivity index (χ3v) is 2.73. The second-order valence-electron chi connectivity index (χ2n) is 4.03. The van der Waals surface area contributed by atoms with E-state index < -0.39 is 5.54 Å². The van der Waals surface area contributed by atoms with E-state index in [1.54, 1.807) is 12.1 Å². The van der Waals surface area contributed by atoms with Gasteiger partial charge in [-0.2, -0.15) is 0 Å². The van der Waals surface area contributed by atoms with Crippen molar-refractivity contribution in [2.24, 2.45) is 5.73 Å². The minimum atomic E-state index is -1.23. The highest BCUT2D eigenvalue weighted by Gasteiger charge is 2.31. The summed E-state index contributed by atoms with van der Waals surface area (Å²) < 4.78 is 0. The summed E-state index contributed by atoms with van der Waals surface area (Å²) in [6.07, 6.45) is 0. The molecule has 1 radical (unpaired) electrons. The topological polar surface area (TPSA) is 43.1 Å². The molecule has 0 aliphatic heterocycles. The summed E-state index contributed by atoms with van der Waals surface area (Å²) in [5.41, 5.74) is 6.11. The number of hydrogen-bond acceptors (Lipinski definition) is 2. The van der Waals surface area contributed by atoms with Gasteiger partial charge in [-0.15, -0.1) is 0 Å². The summed E-state index contributed by atoms with van der Waals surface area (Å²) in [7, 11) is 0. The summed E-state index contributed by atoms with van der Waals surface area (Å²) in [5, 5.41) is 0. The molecule has 2 rings (SSSR count). The van der Waals surface area contributed by atoms with Gasteiger partial charge >= 0.3 is 0 Å². The first-order chi connectivity index (χ1) is 8.12. The van der Waals surface area contributed by atoms with Crippen LogP contribution in [0.15, 0.2) is 60.7 Å². The van der Waals surface area contributed by atoms with E-state index in [0.717, 1.165) is 0 Å². The van der Waals surface area contributed by atoms with E-state index in [1.165, 1.54) is 0 Å². The number of hydrogen-bond donors (Lipinski definition) is 1. The fourth-order valence-corrected chi connectivity index (χ4v) is 1.71. The zero-order valence-electron chi connectivity index (χ0n) is 9.47. The summed E-state index contributed by atoms with van der Waals surface area (Å²) in [4.78, 5) is 12.3. The number of ketones is 1. The Morgan fingerprint density at radius 3 is 1.94 bits per heavy atom. The molecule has 0 saturated heterocycles. The first-order valence-corrected chi connectivity index (χ1v) is 5.42. The zero-order valence-corrected chi connectivity index (χ0v) is 9.47. The van der Waals surface area contributed by atoms with Gasteiger partial charge in [-0.3, -0.25) is 4.79 Å². The number of rotatable bonds is 3. The van der Waals surface area contributed by atoms with Crippen LogP contribution in [-0.2, 0) is 5.54 Å². The molecule has 2 N–H and O–H groups in total. The van der Waals surface area contributed by atoms with Crippen molar-refractivity contribution in [3.63, 3.8) is 0 Å². The quantitative estimate of drug-likeness (QED) is 0.814. The normalized spacial score (nSPS) is 14.0. The van der Waals surface area contributed by atoms with Crippen LogP contribution in [0.25, 0.3) is 0 Å². The predicted molar refractivity (Wildman–Crippen MR) is 68.4 cm³/mol. The van der Waals surface area contributed by atoms with Crippen molar-refractivity contribution >= 4 is 5.78 Å². The Labute approximate surface area is 101 Å². The van der Waals surface area contributed by atoms with Crippen molar-refractivity contribution in [1.29, 1.82) is 0 Å². The van der Waals surface area contributed by atoms with E-state index in [-0.39, 0.29) is 5.78 Å². The largest absolute Gasteiger partial charge is 0.315 e. The van der Waals surface area contributed by atoms with Crippen LogP contribution in [0.5, 0.6) is 0 Å². The molecule has 0 aliphatic carbocycles. The smallest absolute Gasteiger partial charge is 0.187 e. The average Bonchev–Trinajstić information content (AvgIpc) is 2.40. The third-order valence-electron chi connectivity index (χ3n) is 2.73. The minimum absolute atomic E-state index is 0.177. The summed E-state index contributed by atoms with van der Waals surface area (Å²) >= 11 is 0. The Hall–Kier alpha value is -1.93. The second-order valence-corrected chi connectivity index (χ2v) is 4.03. The van der Waals surface area contributed by atoms with E-state index >= 15 is 0 Å². The lowest BCUT2D eigenvalue weighted by molar-refractivity contribution is 0.0918. The molecule has 2 aromatic carbocycles. The van der Waals surface area contributed by atoms with Crippen molar-refractivity contribution in [3.05, 3.63) is 78.7 Å². The lowest BCUT2D eigenvalue weighted by Gasteiger charge is -2.23. The molecule has 0 aliphatic rings. The van der Waals surface area contributed by atoms with Gasteiger partial charge in [0.2, 0.25) is 0 Å². The zero-order chi connectivity index (χ0) is 12.3. The maximum absolute atomic E-state index is 12.3. The van der Waals surface area contributed by atoms with Crippen molar-refractivity contribution in [2.75, 3.05) is 0 Å². The van der Waals surface area contributed by atoms with Crippen LogP contribution in [0.3, 0.4) is 0 Å². The molecule has 1 atom stereocenters. The average molecular weight is 224 g/mol. The Balaban J connectivity index is 2.37. The standard InChI is InChI=1S/C15H14NO/c1-15(16,13-10-6-3-7-11-13)14(17)12-8-4-2-5-9-12/h2-11H,1,16H2. The van der Waals surface area contributed by atoms with Crippen LogP contribution in [-0.4, -0.2) is 5.78 Å². The molecule has 2 nitrogen and oxygen atoms in total. The van der Waals surface area contributed by atoms with Crippen LogP contribution >= 0.6 is 0 Å². The van der Waals surface area contributed by atoms with Gasteiger partial charge in [0.25, 0.3) is 0 Å². The highest BCUT2D eigenvalue weighted by atomic mass is 16.1. The van der Waals surface area contributed by atoms with Gasteiger partial charge in [-0.25, -0.2) is 0 Å². The van der Waals surface area contributed by atoms with Gasteiger partial charge in [0.15, 0.2) is 5.78 Å². The van der Waals surface area contributed by atoms with E-state index in [4.69, 9.17) is 5.73 Å². The van der Waals surface area contributed by atoms with Crippen LogP contribution < -0.4 is 5.73 Å². The fraction of sp³-hybridized carbons (Fsp3) is 0.0667. The Kier molecular flexibility index (Phi) is 3.07. The first kappa shape index (κ1) is 11.6. The van der Waals surface area contributed by atoms with Crippen LogP contribution in [0.2, 0.25) is 0 Å². The molecule has 0 heterocycles. The summed E-state index contributed by atoms with van der Waals surface area (Å²) in [6, 6.07) is 18.2. The fourth-order valence-electron chi connectivity index (χ4n) is 1.71. The molecule has 0 amide bonds. The highest BCUT2D eigenvalue weighted by Crippen LogP contribution is 2.21. The molecule has 0 saturated carbocycles. The van der Waals surface area contributed by atoms with Gasteiger partial charge < -0.3 is 5.73 Å². The second kappa shape index (κ2) is 4.52. The molecular weight excluding hydrogens is 210 g/mol. The SMILES string of the molecule is [CH2]C(N)(C(=O)c1ccccc1)c1ccccc1. The highest BCUT2D eigenvalue weighted by molar-refractivity contribution is 6.04. The van der Waals surface area contributed by atoms with Crippen molar-refractivity contribution in [1.82, 2.24) is 0 Å². The molecule has 0 aromatic heterocycles. The van der Waals surface area contributed by atoms with E-state index in [0.29, 0.717) is 11.1 Å². The Bertz CT molecular complexity index is 503. The monoisotopic (exact) mass is 224 g/mol. The van der Waals surface area contributed by atoms with Gasteiger partial charge in [0, 0.05) is 5.56 Å². The lowest BCUT2D eigenvalue weighted by atomic mass is 9.85. The van der Waals surface area contributed by atoms with Crippen LogP contribution in [0, 0.1) is 6.92 Å². The summed E-state index contributed by atoms with van der Waals surface area (Å²) in [6.45, 7) is 3.84. The minimum Gasteiger partial charge on any atom is -0.315 e. The molecule has 85 valence electrons. The molecule has 2 aromatic rings. The van der Waals surface area contributed by atoms with Crippen molar-refractivity contribution in [2.45, 2.75) is 5.54 Å². The predicted octanol–water partition coefficient (Wildman–Crippen LogP) is 2.56. The number of carbonyl (C=O) groups excluding carboxylic acids is 1. The molecule has 0 fully saturated rings. The number of Topliss-reactive ketones (excluding diaryl/α,β-unsaturated/α-hetero) is 1. The molecule has 17 heavy (non-hydrogen) atoms. The van der Waals surface area contributed by atoms with Gasteiger partial charge in [0.05, 0.1) is 0 Å². The Morgan fingerprint density at radius 2 is 1.41 bits per heavy atom. The third kappa shape index (κ3) is 2.27. The molecule has 0 spiro atoms. The van der Waals surface area contributed by atoms with Gasteiger partial charge in [-0.05, 0) is 12.5 Å². The molecular formula is C15H14NO. The number of carbonyl (C=O) groups is 1. The van der Waals surface area contributed by atoms with Crippen LogP contribution in [0.1, 0.15) is 15.9 Å². The van der Waals surface area contributed by atoms with E-state index in [1.807, 2.05) is 48.5 Å². The van der Waals surface area contributed by atoms with E-state index in [9.17, 15) is 4.79 Å². The Morgan fingerprint density at radius 1 is 0.941 bits per heavy atom. The van der Waals surface area contributed by atoms with Crippen molar-refractivity contribution < 1.29 is 4.79 Å². The van der Waals surface area contributed by atoms with Crippen LogP contribution in [0.4, 0.5) is 0 Å². The molecule has 0 bridgehead atoms. The molecule has 1 unspecified atom stereocenters. The number of nitrogens with two attached hydrogens (primary N) is 1. The van der Waals surface area contributed by atoms with E-state index in [2.05, 4.69) is 6.92 Å². The number of benzene rings is 2. The maximum atomic E-state index is 12.3. The lowest BCUT2D eigenvalue weighted by Crippen LogP contribution is -2.42. The summed E-state index contributed by atoms with van der Waals surface area (Å²) in [5.74, 6) is -0.177. The first-order valence-electron chi connectivity index (χ1n) is 5.42. The van der Waals surface area contributed by atoms with Crippen molar-refractivity contribution in [3.8, 4) is 0 Å². The van der Waals surface area contributed by atoms with Gasteiger partial charge in [-0.1, -0.05) is 60.7 Å². The molecule has 2 heteroatoms.